The van der Waals surface area contributed by atoms with Crippen molar-refractivity contribution in [2.45, 2.75) is 0 Å². The van der Waals surface area contributed by atoms with Crippen LogP contribution in [0.1, 0.15) is 0 Å². The molecule has 1 N–H and O–H groups in total. The predicted octanol–water partition coefficient (Wildman–Crippen LogP) is 0.497. The molecule has 7 heteroatoms. The van der Waals surface area contributed by atoms with E-state index in [0.29, 0.717) is 12.0 Å². The first kappa shape index (κ1) is 9.46. The normalized spacial score (nSPS) is 9.23. The molecule has 1 rings (SSSR count). The molecule has 0 amide bonds. The van der Waals surface area contributed by atoms with Crippen LogP contribution >= 0.6 is 12.0 Å². The second kappa shape index (κ2) is 4.41. The highest BCUT2D eigenvalue weighted by atomic mass is 32.2. The summed E-state index contributed by atoms with van der Waals surface area (Å²) in [5.74, 6) is -0.950. The maximum absolute atomic E-state index is 10.3. The molecule has 13 heavy (non-hydrogen) atoms. The summed E-state index contributed by atoms with van der Waals surface area (Å²) in [6, 6.07) is 1.45. The minimum Gasteiger partial charge on any atom is -0.477 e. The lowest BCUT2D eigenvalue weighted by molar-refractivity contribution is -0.131. The van der Waals surface area contributed by atoms with Crippen LogP contribution < -0.4 is 4.18 Å². The summed E-state index contributed by atoms with van der Waals surface area (Å²) in [7, 11) is 0. The molecule has 0 bridgehead atoms. The van der Waals surface area contributed by atoms with Crippen LogP contribution in [-0.2, 0) is 4.79 Å². The SMILES string of the molecule is C=C(SOc1ccnnn1)C(=O)O. The van der Waals surface area contributed by atoms with Crippen LogP contribution in [0.15, 0.2) is 23.7 Å². The molecule has 68 valence electrons. The second-order valence-electron chi connectivity index (χ2n) is 1.85. The number of carboxylic acids is 1. The zero-order chi connectivity index (χ0) is 9.68. The second-order valence-corrected chi connectivity index (χ2v) is 2.68. The minimum atomic E-state index is -1.13. The average Bonchev–Trinajstić information content (AvgIpc) is 2.15. The summed E-state index contributed by atoms with van der Waals surface area (Å²) in [6.45, 7) is 3.24. The third-order valence-corrected chi connectivity index (χ3v) is 1.57. The first-order chi connectivity index (χ1) is 6.20. The first-order valence-corrected chi connectivity index (χ1v) is 3.85. The molecular weight excluding hydrogens is 194 g/mol. The minimum absolute atomic E-state index is 0.126. The number of hydrogen-bond donors (Lipinski definition) is 1. The Labute approximate surface area is 77.8 Å². The quantitative estimate of drug-likeness (QED) is 0.558. The monoisotopic (exact) mass is 199 g/mol. The van der Waals surface area contributed by atoms with E-state index in [4.69, 9.17) is 9.29 Å². The summed E-state index contributed by atoms with van der Waals surface area (Å²) in [5, 5.41) is 18.6. The van der Waals surface area contributed by atoms with Gasteiger partial charge in [-0.25, -0.2) is 4.79 Å². The highest BCUT2D eigenvalue weighted by Crippen LogP contribution is 2.17. The van der Waals surface area contributed by atoms with Gasteiger partial charge < -0.3 is 9.29 Å². The number of hydrogen-bond acceptors (Lipinski definition) is 6. The number of carbonyl (C=O) groups is 1. The van der Waals surface area contributed by atoms with E-state index in [9.17, 15) is 4.79 Å². The Morgan fingerprint density at radius 1 is 1.69 bits per heavy atom. The lowest BCUT2D eigenvalue weighted by Gasteiger charge is -1.99. The smallest absolute Gasteiger partial charge is 0.344 e. The van der Waals surface area contributed by atoms with Gasteiger partial charge in [-0.3, -0.25) is 0 Å². The zero-order valence-electron chi connectivity index (χ0n) is 6.38. The van der Waals surface area contributed by atoms with Crippen LogP contribution in [0.25, 0.3) is 0 Å². The molecule has 0 aliphatic carbocycles. The Bertz CT molecular complexity index is 316. The van der Waals surface area contributed by atoms with Crippen LogP contribution in [0.5, 0.6) is 5.88 Å². The van der Waals surface area contributed by atoms with Crippen molar-refractivity contribution in [1.29, 1.82) is 0 Å². The van der Waals surface area contributed by atoms with Gasteiger partial charge in [0.05, 0.1) is 6.20 Å². The topological polar surface area (TPSA) is 85.2 Å². The summed E-state index contributed by atoms with van der Waals surface area (Å²) in [5.41, 5.74) is 0. The fourth-order valence-corrected chi connectivity index (χ4v) is 0.749. The first-order valence-electron chi connectivity index (χ1n) is 3.11. The van der Waals surface area contributed by atoms with Gasteiger partial charge in [-0.2, -0.15) is 0 Å². The lowest BCUT2D eigenvalue weighted by Crippen LogP contribution is -1.98. The van der Waals surface area contributed by atoms with Crippen molar-refractivity contribution in [3.8, 4) is 5.88 Å². The van der Waals surface area contributed by atoms with Crippen molar-refractivity contribution >= 4 is 18.0 Å². The number of nitrogens with zero attached hydrogens (tertiary/aromatic N) is 3. The van der Waals surface area contributed by atoms with Crippen LogP contribution in [0, 0.1) is 0 Å². The molecule has 0 aromatic carbocycles. The van der Waals surface area contributed by atoms with E-state index in [1.807, 2.05) is 0 Å². The fraction of sp³-hybridized carbons (Fsp3) is 0. The van der Waals surface area contributed by atoms with Crippen molar-refractivity contribution in [2.75, 3.05) is 0 Å². The molecule has 0 radical (unpaired) electrons. The highest BCUT2D eigenvalue weighted by Gasteiger charge is 2.06. The van der Waals surface area contributed by atoms with Crippen LogP contribution in [-0.4, -0.2) is 26.5 Å². The van der Waals surface area contributed by atoms with E-state index < -0.39 is 5.97 Å². The van der Waals surface area contributed by atoms with Crippen molar-refractivity contribution in [3.05, 3.63) is 23.7 Å². The molecule has 0 saturated heterocycles. The van der Waals surface area contributed by atoms with E-state index in [1.165, 1.54) is 12.3 Å². The van der Waals surface area contributed by atoms with Crippen LogP contribution in [0.2, 0.25) is 0 Å². The predicted molar refractivity (Wildman–Crippen MR) is 44.8 cm³/mol. The third kappa shape index (κ3) is 3.08. The Kier molecular flexibility index (Phi) is 3.21. The molecule has 0 atom stereocenters. The van der Waals surface area contributed by atoms with Gasteiger partial charge in [-0.1, -0.05) is 11.7 Å². The average molecular weight is 199 g/mol. The summed E-state index contributed by atoms with van der Waals surface area (Å²) < 4.78 is 4.85. The van der Waals surface area contributed by atoms with Crippen molar-refractivity contribution in [1.82, 2.24) is 15.4 Å². The van der Waals surface area contributed by atoms with Gasteiger partial charge in [0, 0.05) is 6.07 Å². The molecular formula is C6H5N3O3S. The largest absolute Gasteiger partial charge is 0.477 e. The standard InChI is InChI=1S/C6H5N3O3S/c1-4(6(10)11)13-12-5-2-3-7-9-8-5/h2-3H,1H2,(H,10,11). The number of carboxylic acid groups (broad SMARTS) is 1. The van der Waals surface area contributed by atoms with Gasteiger partial charge in [-0.05, 0) is 5.21 Å². The van der Waals surface area contributed by atoms with E-state index in [1.54, 1.807) is 0 Å². The summed E-state index contributed by atoms with van der Waals surface area (Å²) in [4.78, 5) is 10.1. The molecule has 6 nitrogen and oxygen atoms in total. The van der Waals surface area contributed by atoms with Gasteiger partial charge in [0.15, 0.2) is 0 Å². The molecule has 0 aliphatic rings. The number of aliphatic carboxylic acids is 1. The molecule has 0 saturated carbocycles. The number of aromatic nitrogens is 3. The van der Waals surface area contributed by atoms with Gasteiger partial charge >= 0.3 is 5.97 Å². The van der Waals surface area contributed by atoms with Crippen LogP contribution in [0.3, 0.4) is 0 Å². The Balaban J connectivity index is 2.44. The molecule has 0 aliphatic heterocycles. The van der Waals surface area contributed by atoms with Gasteiger partial charge in [0.25, 0.3) is 5.88 Å². The Morgan fingerprint density at radius 2 is 2.46 bits per heavy atom. The van der Waals surface area contributed by atoms with Gasteiger partial charge in [0.1, 0.15) is 16.9 Å². The molecule has 1 aromatic heterocycles. The van der Waals surface area contributed by atoms with E-state index >= 15 is 0 Å². The third-order valence-electron chi connectivity index (χ3n) is 0.945. The number of rotatable bonds is 4. The zero-order valence-corrected chi connectivity index (χ0v) is 7.19. The highest BCUT2D eigenvalue weighted by molar-refractivity contribution is 7.99. The van der Waals surface area contributed by atoms with Crippen molar-refractivity contribution in [3.63, 3.8) is 0 Å². The summed E-state index contributed by atoms with van der Waals surface area (Å²) >= 11 is 0.613. The van der Waals surface area contributed by atoms with Crippen molar-refractivity contribution in [2.24, 2.45) is 0 Å². The fourth-order valence-electron chi connectivity index (χ4n) is 0.403. The van der Waals surface area contributed by atoms with E-state index in [2.05, 4.69) is 22.0 Å². The van der Waals surface area contributed by atoms with Gasteiger partial charge in [-0.15, -0.1) is 5.10 Å². The van der Waals surface area contributed by atoms with Crippen LogP contribution in [0.4, 0.5) is 0 Å². The molecule has 1 aromatic rings. The van der Waals surface area contributed by atoms with E-state index in [0.717, 1.165) is 0 Å². The Morgan fingerprint density at radius 3 is 3.00 bits per heavy atom. The van der Waals surface area contributed by atoms with E-state index in [-0.39, 0.29) is 10.8 Å². The maximum Gasteiger partial charge on any atom is 0.344 e. The molecule has 1 heterocycles. The van der Waals surface area contributed by atoms with Crippen molar-refractivity contribution < 1.29 is 14.1 Å². The molecule has 0 spiro atoms. The lowest BCUT2D eigenvalue weighted by atomic mass is 10.7. The molecule has 0 fully saturated rings. The molecule has 0 unspecified atom stereocenters. The summed E-state index contributed by atoms with van der Waals surface area (Å²) in [6.07, 6.45) is 1.38. The Hall–Kier alpha value is -1.63. The van der Waals surface area contributed by atoms with Gasteiger partial charge in [0.2, 0.25) is 0 Å². The maximum atomic E-state index is 10.3.